The van der Waals surface area contributed by atoms with Crippen LogP contribution in [0.1, 0.15) is 40.5 Å². The minimum atomic E-state index is -0.433. The first-order chi connectivity index (χ1) is 11.8. The quantitative estimate of drug-likeness (QED) is 0.582. The molecule has 0 radical (unpaired) electrons. The normalized spacial score (nSPS) is 16.7. The molecule has 1 amide bonds. The number of rotatable bonds is 6. The van der Waals surface area contributed by atoms with E-state index in [0.717, 1.165) is 51.8 Å². The topological polar surface area (TPSA) is 60.4 Å². The molecule has 7 nitrogen and oxygen atoms in total. The smallest absolute Gasteiger partial charge is 0.410 e. The maximum absolute atomic E-state index is 12.1. The number of guanidine groups is 1. The Kier molecular flexibility index (Phi) is 9.03. The van der Waals surface area contributed by atoms with E-state index >= 15 is 0 Å². The number of aliphatic imine (C=N–C) groups is 1. The third-order valence-corrected chi connectivity index (χ3v) is 4.16. The van der Waals surface area contributed by atoms with Crippen LogP contribution in [0.25, 0.3) is 0 Å². The minimum absolute atomic E-state index is 0.205. The highest BCUT2D eigenvalue weighted by Gasteiger charge is 2.25. The summed E-state index contributed by atoms with van der Waals surface area (Å²) in [5.74, 6) is 0.945. The number of nitrogens with one attached hydrogen (secondary N) is 1. The van der Waals surface area contributed by atoms with Gasteiger partial charge in [0.1, 0.15) is 5.60 Å². The molecule has 0 aromatic heterocycles. The van der Waals surface area contributed by atoms with Crippen molar-refractivity contribution < 1.29 is 9.53 Å². The lowest BCUT2D eigenvalue weighted by molar-refractivity contribution is 0.0147. The van der Waals surface area contributed by atoms with Crippen molar-refractivity contribution in [2.24, 2.45) is 4.99 Å². The molecule has 25 heavy (non-hydrogen) atoms. The first kappa shape index (κ1) is 21.5. The van der Waals surface area contributed by atoms with Crippen molar-refractivity contribution in [2.45, 2.75) is 46.1 Å². The Labute approximate surface area is 153 Å². The van der Waals surface area contributed by atoms with E-state index in [4.69, 9.17) is 4.74 Å². The van der Waals surface area contributed by atoms with Crippen LogP contribution >= 0.6 is 0 Å². The SMILES string of the molecule is CCCCN(C)C(=NC)NCCN1CCN(C(=O)OC(C)(C)C)CC1. The first-order valence-corrected chi connectivity index (χ1v) is 9.39. The summed E-state index contributed by atoms with van der Waals surface area (Å²) >= 11 is 0. The van der Waals surface area contributed by atoms with Crippen LogP contribution in [0.2, 0.25) is 0 Å². The van der Waals surface area contributed by atoms with Gasteiger partial charge in [-0.05, 0) is 27.2 Å². The first-order valence-electron chi connectivity index (χ1n) is 9.39. The highest BCUT2D eigenvalue weighted by Crippen LogP contribution is 2.11. The van der Waals surface area contributed by atoms with E-state index < -0.39 is 5.60 Å². The average molecular weight is 356 g/mol. The van der Waals surface area contributed by atoms with Crippen molar-refractivity contribution in [2.75, 3.05) is 59.9 Å². The van der Waals surface area contributed by atoms with E-state index in [9.17, 15) is 4.79 Å². The Balaban J connectivity index is 2.27. The number of carbonyl (C=O) groups excluding carboxylic acids is 1. The molecule has 1 N–H and O–H groups in total. The predicted octanol–water partition coefficient (Wildman–Crippen LogP) is 1.85. The monoisotopic (exact) mass is 355 g/mol. The van der Waals surface area contributed by atoms with Gasteiger partial charge in [-0.15, -0.1) is 0 Å². The summed E-state index contributed by atoms with van der Waals surface area (Å²) in [5.41, 5.74) is -0.433. The van der Waals surface area contributed by atoms with Crippen LogP contribution in [0.15, 0.2) is 4.99 Å². The zero-order valence-corrected chi connectivity index (χ0v) is 17.0. The Morgan fingerprint density at radius 3 is 2.40 bits per heavy atom. The van der Waals surface area contributed by atoms with Crippen molar-refractivity contribution in [3.8, 4) is 0 Å². The number of piperazine rings is 1. The molecule has 0 aromatic carbocycles. The number of hydrogen-bond acceptors (Lipinski definition) is 4. The molecule has 1 aliphatic rings. The fourth-order valence-corrected chi connectivity index (χ4v) is 2.69. The van der Waals surface area contributed by atoms with Gasteiger partial charge in [0, 0.05) is 59.9 Å². The van der Waals surface area contributed by atoms with E-state index in [0.29, 0.717) is 0 Å². The second kappa shape index (κ2) is 10.5. The highest BCUT2D eigenvalue weighted by molar-refractivity contribution is 5.79. The van der Waals surface area contributed by atoms with Crippen LogP contribution in [-0.2, 0) is 4.74 Å². The molecule has 1 rings (SSSR count). The molecule has 0 spiro atoms. The van der Waals surface area contributed by atoms with E-state index in [1.54, 1.807) is 4.90 Å². The summed E-state index contributed by atoms with van der Waals surface area (Å²) in [7, 11) is 3.90. The lowest BCUT2D eigenvalue weighted by Gasteiger charge is -2.35. The zero-order valence-electron chi connectivity index (χ0n) is 17.0. The van der Waals surface area contributed by atoms with Gasteiger partial charge in [0.25, 0.3) is 0 Å². The molecule has 0 saturated carbocycles. The Bertz CT molecular complexity index is 426. The largest absolute Gasteiger partial charge is 0.444 e. The molecule has 0 aliphatic carbocycles. The number of hydrogen-bond donors (Lipinski definition) is 1. The van der Waals surface area contributed by atoms with E-state index in [1.807, 2.05) is 27.8 Å². The lowest BCUT2D eigenvalue weighted by Crippen LogP contribution is -2.51. The summed E-state index contributed by atoms with van der Waals surface area (Å²) in [4.78, 5) is 22.7. The van der Waals surface area contributed by atoms with Gasteiger partial charge < -0.3 is 19.9 Å². The molecular formula is C18H37N5O2. The molecule has 0 unspecified atom stereocenters. The van der Waals surface area contributed by atoms with Crippen LogP contribution in [0.5, 0.6) is 0 Å². The zero-order chi connectivity index (χ0) is 18.9. The van der Waals surface area contributed by atoms with Gasteiger partial charge in [-0.3, -0.25) is 9.89 Å². The van der Waals surface area contributed by atoms with Gasteiger partial charge in [0.2, 0.25) is 0 Å². The van der Waals surface area contributed by atoms with E-state index in [2.05, 4.69) is 34.1 Å². The number of amides is 1. The number of unbranched alkanes of at least 4 members (excludes halogenated alkanes) is 1. The van der Waals surface area contributed by atoms with Crippen LogP contribution in [0.4, 0.5) is 4.79 Å². The summed E-state index contributed by atoms with van der Waals surface area (Å²) < 4.78 is 5.43. The lowest BCUT2D eigenvalue weighted by atomic mass is 10.2. The van der Waals surface area contributed by atoms with Crippen molar-refractivity contribution in [3.63, 3.8) is 0 Å². The van der Waals surface area contributed by atoms with Crippen molar-refractivity contribution in [3.05, 3.63) is 0 Å². The predicted molar refractivity (Wildman–Crippen MR) is 103 cm³/mol. The van der Waals surface area contributed by atoms with Gasteiger partial charge in [-0.2, -0.15) is 0 Å². The molecule has 0 aromatic rings. The van der Waals surface area contributed by atoms with Crippen LogP contribution in [-0.4, -0.2) is 92.3 Å². The van der Waals surface area contributed by atoms with Gasteiger partial charge in [0.15, 0.2) is 5.96 Å². The summed E-state index contributed by atoms with van der Waals surface area (Å²) in [6, 6.07) is 0. The maximum atomic E-state index is 12.1. The Hall–Kier alpha value is -1.50. The van der Waals surface area contributed by atoms with E-state index in [1.165, 1.54) is 12.8 Å². The Morgan fingerprint density at radius 1 is 1.24 bits per heavy atom. The Morgan fingerprint density at radius 2 is 1.88 bits per heavy atom. The average Bonchev–Trinajstić information content (AvgIpc) is 2.55. The molecule has 146 valence electrons. The molecule has 1 heterocycles. The van der Waals surface area contributed by atoms with Crippen LogP contribution < -0.4 is 5.32 Å². The molecular weight excluding hydrogens is 318 g/mol. The van der Waals surface area contributed by atoms with Gasteiger partial charge in [-0.25, -0.2) is 4.79 Å². The number of carbonyl (C=O) groups is 1. The molecule has 0 bridgehead atoms. The van der Waals surface area contributed by atoms with Crippen LogP contribution in [0.3, 0.4) is 0 Å². The van der Waals surface area contributed by atoms with E-state index in [-0.39, 0.29) is 6.09 Å². The third-order valence-electron chi connectivity index (χ3n) is 4.16. The molecule has 1 saturated heterocycles. The summed E-state index contributed by atoms with van der Waals surface area (Å²) in [5, 5.41) is 3.42. The van der Waals surface area contributed by atoms with Gasteiger partial charge >= 0.3 is 6.09 Å². The second-order valence-corrected chi connectivity index (χ2v) is 7.56. The van der Waals surface area contributed by atoms with Crippen LogP contribution in [0, 0.1) is 0 Å². The fourth-order valence-electron chi connectivity index (χ4n) is 2.69. The molecule has 7 heteroatoms. The second-order valence-electron chi connectivity index (χ2n) is 7.56. The molecule has 1 fully saturated rings. The summed E-state index contributed by atoms with van der Waals surface area (Å²) in [6.45, 7) is 13.9. The standard InChI is InChI=1S/C18H37N5O2/c1-7-8-10-21(6)16(19-5)20-9-11-22-12-14-23(15-13-22)17(24)25-18(2,3)4/h7-15H2,1-6H3,(H,19,20). The molecule has 0 atom stereocenters. The van der Waals surface area contributed by atoms with Crippen molar-refractivity contribution in [1.82, 2.24) is 20.0 Å². The third kappa shape index (κ3) is 8.43. The minimum Gasteiger partial charge on any atom is -0.444 e. The number of ether oxygens (including phenoxy) is 1. The highest BCUT2D eigenvalue weighted by atomic mass is 16.6. The van der Waals surface area contributed by atoms with Gasteiger partial charge in [-0.1, -0.05) is 13.3 Å². The van der Waals surface area contributed by atoms with Crippen molar-refractivity contribution >= 4 is 12.1 Å². The summed E-state index contributed by atoms with van der Waals surface area (Å²) in [6.07, 6.45) is 2.15. The number of nitrogens with zero attached hydrogens (tertiary/aromatic N) is 4. The van der Waals surface area contributed by atoms with Gasteiger partial charge in [0.05, 0.1) is 0 Å². The fraction of sp³-hybridized carbons (Fsp3) is 0.889. The van der Waals surface area contributed by atoms with Crippen molar-refractivity contribution in [1.29, 1.82) is 0 Å². The maximum Gasteiger partial charge on any atom is 0.410 e. The molecule has 1 aliphatic heterocycles.